The highest BCUT2D eigenvalue weighted by molar-refractivity contribution is 5.91. The van der Waals surface area contributed by atoms with Crippen LogP contribution in [0, 0.1) is 5.82 Å². The lowest BCUT2D eigenvalue weighted by Crippen LogP contribution is -2.33. The average Bonchev–Trinajstić information content (AvgIpc) is 3.14. The van der Waals surface area contributed by atoms with Gasteiger partial charge in [0.05, 0.1) is 5.69 Å². The molecule has 1 unspecified atom stereocenters. The standard InChI is InChI=1S/C23H22FN3/c1-3-20-14-18(10-13-27(20)2)21-15-26-23(17-4-6-19(24)7-5-17)22(21)16-8-11-25-12-9-16/h3-12,15,20,26H,1,13-14H2,2H3. The van der Waals surface area contributed by atoms with Gasteiger partial charge in [-0.25, -0.2) is 4.39 Å². The molecule has 1 aliphatic heterocycles. The first kappa shape index (κ1) is 17.4. The minimum absolute atomic E-state index is 0.233. The molecule has 3 nitrogen and oxygen atoms in total. The van der Waals surface area contributed by atoms with E-state index >= 15 is 0 Å². The minimum atomic E-state index is -0.233. The second kappa shape index (κ2) is 7.33. The van der Waals surface area contributed by atoms with Crippen LogP contribution in [0.3, 0.4) is 0 Å². The lowest BCUT2D eigenvalue weighted by atomic mass is 9.89. The summed E-state index contributed by atoms with van der Waals surface area (Å²) in [5.41, 5.74) is 6.66. The van der Waals surface area contributed by atoms with Gasteiger partial charge in [-0.2, -0.15) is 0 Å². The second-order valence-corrected chi connectivity index (χ2v) is 6.87. The molecule has 27 heavy (non-hydrogen) atoms. The smallest absolute Gasteiger partial charge is 0.123 e. The van der Waals surface area contributed by atoms with E-state index in [0.29, 0.717) is 6.04 Å². The van der Waals surface area contributed by atoms with Crippen LogP contribution in [-0.2, 0) is 0 Å². The first-order valence-corrected chi connectivity index (χ1v) is 9.07. The van der Waals surface area contributed by atoms with Gasteiger partial charge < -0.3 is 4.98 Å². The lowest BCUT2D eigenvalue weighted by molar-refractivity contribution is 0.305. The summed E-state index contributed by atoms with van der Waals surface area (Å²) in [5.74, 6) is -0.233. The Kier molecular flexibility index (Phi) is 4.73. The molecular weight excluding hydrogens is 337 g/mol. The van der Waals surface area contributed by atoms with Gasteiger partial charge in [-0.3, -0.25) is 9.88 Å². The summed E-state index contributed by atoms with van der Waals surface area (Å²) >= 11 is 0. The minimum Gasteiger partial charge on any atom is -0.360 e. The molecule has 136 valence electrons. The van der Waals surface area contributed by atoms with E-state index in [0.717, 1.165) is 35.3 Å². The van der Waals surface area contributed by atoms with Gasteiger partial charge in [0.25, 0.3) is 0 Å². The summed E-state index contributed by atoms with van der Waals surface area (Å²) in [4.78, 5) is 9.87. The van der Waals surface area contributed by atoms with Crippen molar-refractivity contribution in [2.24, 2.45) is 0 Å². The maximum Gasteiger partial charge on any atom is 0.123 e. The predicted molar refractivity (Wildman–Crippen MR) is 109 cm³/mol. The number of nitrogens with zero attached hydrogens (tertiary/aromatic N) is 2. The largest absolute Gasteiger partial charge is 0.360 e. The van der Waals surface area contributed by atoms with E-state index in [4.69, 9.17) is 0 Å². The van der Waals surface area contributed by atoms with E-state index in [2.05, 4.69) is 40.8 Å². The highest BCUT2D eigenvalue weighted by Crippen LogP contribution is 2.40. The SMILES string of the molecule is C=CC1CC(c2c[nH]c(-c3ccc(F)cc3)c2-c2ccncc2)=CCN1C. The molecule has 0 amide bonds. The molecule has 1 aliphatic rings. The number of hydrogen-bond donors (Lipinski definition) is 1. The van der Waals surface area contributed by atoms with Crippen LogP contribution in [0.25, 0.3) is 28.0 Å². The van der Waals surface area contributed by atoms with Crippen molar-refractivity contribution in [3.63, 3.8) is 0 Å². The third-order valence-electron chi connectivity index (χ3n) is 5.22. The number of rotatable bonds is 4. The van der Waals surface area contributed by atoms with Gasteiger partial charge in [0, 0.05) is 42.3 Å². The van der Waals surface area contributed by atoms with Crippen LogP contribution < -0.4 is 0 Å². The number of likely N-dealkylation sites (N-methyl/N-ethyl adjacent to an activating group) is 1. The van der Waals surface area contributed by atoms with Crippen molar-refractivity contribution >= 4 is 5.57 Å². The number of halogens is 1. The van der Waals surface area contributed by atoms with Crippen LogP contribution in [0.1, 0.15) is 12.0 Å². The molecule has 0 saturated carbocycles. The van der Waals surface area contributed by atoms with Crippen molar-refractivity contribution in [3.05, 3.63) is 85.1 Å². The van der Waals surface area contributed by atoms with Gasteiger partial charge >= 0.3 is 0 Å². The third kappa shape index (κ3) is 3.36. The van der Waals surface area contributed by atoms with E-state index in [9.17, 15) is 4.39 Å². The quantitative estimate of drug-likeness (QED) is 0.653. The summed E-state index contributed by atoms with van der Waals surface area (Å²) in [7, 11) is 2.12. The van der Waals surface area contributed by atoms with Crippen LogP contribution in [0.4, 0.5) is 4.39 Å². The van der Waals surface area contributed by atoms with Gasteiger partial charge in [0.2, 0.25) is 0 Å². The Hall–Kier alpha value is -2.98. The molecule has 0 bridgehead atoms. The summed E-state index contributed by atoms with van der Waals surface area (Å²) in [6, 6.07) is 11.0. The summed E-state index contributed by atoms with van der Waals surface area (Å²) < 4.78 is 13.4. The topological polar surface area (TPSA) is 31.9 Å². The number of pyridine rings is 1. The van der Waals surface area contributed by atoms with Crippen LogP contribution in [-0.4, -0.2) is 34.5 Å². The zero-order valence-corrected chi connectivity index (χ0v) is 15.3. The first-order valence-electron chi connectivity index (χ1n) is 9.07. The van der Waals surface area contributed by atoms with Gasteiger partial charge in [-0.05, 0) is 66.6 Å². The van der Waals surface area contributed by atoms with E-state index in [1.807, 2.05) is 30.3 Å². The fourth-order valence-corrected chi connectivity index (χ4v) is 3.68. The summed E-state index contributed by atoms with van der Waals surface area (Å²) in [6.45, 7) is 4.87. The van der Waals surface area contributed by atoms with Gasteiger partial charge in [-0.1, -0.05) is 12.2 Å². The molecule has 4 heteroatoms. The Balaban J connectivity index is 1.86. The molecule has 0 aliphatic carbocycles. The van der Waals surface area contributed by atoms with Crippen molar-refractivity contribution in [1.29, 1.82) is 0 Å². The summed E-state index contributed by atoms with van der Waals surface area (Å²) in [6.07, 6.45) is 10.9. The van der Waals surface area contributed by atoms with E-state index in [1.54, 1.807) is 12.4 Å². The number of aromatic amines is 1. The number of H-pyrrole nitrogens is 1. The highest BCUT2D eigenvalue weighted by atomic mass is 19.1. The van der Waals surface area contributed by atoms with Crippen molar-refractivity contribution in [2.45, 2.75) is 12.5 Å². The van der Waals surface area contributed by atoms with Crippen LogP contribution in [0.15, 0.2) is 73.7 Å². The maximum atomic E-state index is 13.4. The van der Waals surface area contributed by atoms with Crippen molar-refractivity contribution < 1.29 is 4.39 Å². The number of benzene rings is 1. The average molecular weight is 359 g/mol. The molecule has 2 aromatic heterocycles. The zero-order valence-electron chi connectivity index (χ0n) is 15.3. The molecule has 0 spiro atoms. The van der Waals surface area contributed by atoms with Gasteiger partial charge in [0.15, 0.2) is 0 Å². The monoisotopic (exact) mass is 359 g/mol. The Morgan fingerprint density at radius 2 is 1.89 bits per heavy atom. The van der Waals surface area contributed by atoms with E-state index in [1.165, 1.54) is 23.3 Å². The van der Waals surface area contributed by atoms with Crippen LogP contribution in [0.5, 0.6) is 0 Å². The Bertz CT molecular complexity index is 971. The first-order chi connectivity index (χ1) is 13.2. The molecule has 4 rings (SSSR count). The van der Waals surface area contributed by atoms with Crippen molar-refractivity contribution in [1.82, 2.24) is 14.9 Å². The molecule has 0 saturated heterocycles. The molecule has 1 aromatic carbocycles. The number of nitrogens with one attached hydrogen (secondary N) is 1. The van der Waals surface area contributed by atoms with Crippen LogP contribution >= 0.6 is 0 Å². The molecular formula is C23H22FN3. The zero-order chi connectivity index (χ0) is 18.8. The molecule has 3 aromatic rings. The molecule has 1 atom stereocenters. The van der Waals surface area contributed by atoms with Crippen molar-refractivity contribution in [3.8, 4) is 22.4 Å². The van der Waals surface area contributed by atoms with E-state index in [-0.39, 0.29) is 5.82 Å². The summed E-state index contributed by atoms with van der Waals surface area (Å²) in [5, 5.41) is 0. The van der Waals surface area contributed by atoms with Gasteiger partial charge in [-0.15, -0.1) is 6.58 Å². The van der Waals surface area contributed by atoms with Crippen molar-refractivity contribution in [2.75, 3.05) is 13.6 Å². The molecule has 0 fully saturated rings. The normalized spacial score (nSPS) is 17.6. The number of aromatic nitrogens is 2. The Morgan fingerprint density at radius 1 is 1.15 bits per heavy atom. The molecule has 0 radical (unpaired) electrons. The molecule has 1 N–H and O–H groups in total. The molecule has 3 heterocycles. The highest BCUT2D eigenvalue weighted by Gasteiger charge is 2.23. The second-order valence-electron chi connectivity index (χ2n) is 6.87. The van der Waals surface area contributed by atoms with E-state index < -0.39 is 0 Å². The number of hydrogen-bond acceptors (Lipinski definition) is 2. The fraction of sp³-hybridized carbons (Fsp3) is 0.174. The predicted octanol–water partition coefficient (Wildman–Crippen LogP) is 5.16. The maximum absolute atomic E-state index is 13.4. The lowest BCUT2D eigenvalue weighted by Gasteiger charge is -2.30. The Labute approximate surface area is 158 Å². The Morgan fingerprint density at radius 3 is 2.59 bits per heavy atom. The van der Waals surface area contributed by atoms with Crippen LogP contribution in [0.2, 0.25) is 0 Å². The fourth-order valence-electron chi connectivity index (χ4n) is 3.68. The van der Waals surface area contributed by atoms with Gasteiger partial charge in [0.1, 0.15) is 5.82 Å². The third-order valence-corrected chi connectivity index (χ3v) is 5.22.